The average Bonchev–Trinajstić information content (AvgIpc) is 3.26. The average molecular weight is 520 g/mol. The van der Waals surface area contributed by atoms with Gasteiger partial charge in [0.25, 0.3) is 0 Å². The van der Waals surface area contributed by atoms with E-state index in [0.29, 0.717) is 55.3 Å². The molecule has 4 rings (SSSR count). The van der Waals surface area contributed by atoms with Crippen molar-refractivity contribution in [2.24, 2.45) is 0 Å². The van der Waals surface area contributed by atoms with Crippen molar-refractivity contribution < 1.29 is 18.6 Å². The Morgan fingerprint density at radius 2 is 1.56 bits per heavy atom. The molecule has 0 spiro atoms. The molecule has 0 N–H and O–H groups in total. The van der Waals surface area contributed by atoms with E-state index < -0.39 is 0 Å². The van der Waals surface area contributed by atoms with Crippen LogP contribution in [0.2, 0.25) is 10.0 Å². The van der Waals surface area contributed by atoms with Gasteiger partial charge in [0.05, 0.1) is 21.3 Å². The molecule has 0 unspecified atom stereocenters. The van der Waals surface area contributed by atoms with Gasteiger partial charge in [-0.1, -0.05) is 41.0 Å². The van der Waals surface area contributed by atoms with E-state index in [2.05, 4.69) is 10.2 Å². The van der Waals surface area contributed by atoms with E-state index in [9.17, 15) is 4.39 Å². The topological polar surface area (TPSA) is 58.4 Å². The van der Waals surface area contributed by atoms with Gasteiger partial charge in [-0.15, -0.1) is 10.2 Å². The lowest BCUT2D eigenvalue weighted by Gasteiger charge is -2.15. The number of benzene rings is 3. The zero-order chi connectivity index (χ0) is 24.2. The fraction of sp³-hybridized carbons (Fsp3) is 0.167. The molecule has 176 valence electrons. The van der Waals surface area contributed by atoms with Crippen LogP contribution in [0.15, 0.2) is 59.8 Å². The molecule has 0 aliphatic heterocycles. The molecule has 0 amide bonds. The lowest BCUT2D eigenvalue weighted by Crippen LogP contribution is -2.01. The summed E-state index contributed by atoms with van der Waals surface area (Å²) >= 11 is 13.8. The van der Waals surface area contributed by atoms with Gasteiger partial charge in [0.15, 0.2) is 22.5 Å². The number of nitrogens with zero attached hydrogens (tertiary/aromatic N) is 3. The van der Waals surface area contributed by atoms with Crippen LogP contribution in [0.25, 0.3) is 17.1 Å². The molecular formula is C24H20Cl2FN3O3S. The third-order valence-electron chi connectivity index (χ3n) is 5.01. The number of hydrogen-bond donors (Lipinski definition) is 0. The largest absolute Gasteiger partial charge is 0.493 e. The molecule has 10 heteroatoms. The van der Waals surface area contributed by atoms with Crippen molar-refractivity contribution in [3.63, 3.8) is 0 Å². The SMILES string of the molecule is COc1cc(-c2nnc(SCc3ccc(Cl)cc3Cl)n2-c2ccc(F)cc2)cc(OC)c1OC. The van der Waals surface area contributed by atoms with Gasteiger partial charge in [0, 0.05) is 27.0 Å². The van der Waals surface area contributed by atoms with Crippen LogP contribution in [0.5, 0.6) is 17.2 Å². The summed E-state index contributed by atoms with van der Waals surface area (Å²) in [5.41, 5.74) is 2.28. The van der Waals surface area contributed by atoms with Crippen molar-refractivity contribution in [1.29, 1.82) is 0 Å². The highest BCUT2D eigenvalue weighted by Crippen LogP contribution is 2.42. The van der Waals surface area contributed by atoms with Gasteiger partial charge in [-0.3, -0.25) is 4.57 Å². The summed E-state index contributed by atoms with van der Waals surface area (Å²) in [5, 5.41) is 10.6. The standard InChI is InChI=1S/C24H20Cl2FN3O3S/c1-31-20-10-15(11-21(32-2)22(20)33-3)23-28-29-24(30(23)18-8-6-17(27)7-9-18)34-13-14-4-5-16(25)12-19(14)26/h4-12H,13H2,1-3H3. The van der Waals surface area contributed by atoms with Crippen molar-refractivity contribution in [3.05, 3.63) is 76.0 Å². The van der Waals surface area contributed by atoms with Gasteiger partial charge in [-0.2, -0.15) is 0 Å². The Balaban J connectivity index is 1.81. The van der Waals surface area contributed by atoms with Crippen LogP contribution in [0, 0.1) is 5.82 Å². The molecule has 3 aromatic carbocycles. The van der Waals surface area contributed by atoms with Gasteiger partial charge in [-0.25, -0.2) is 4.39 Å². The molecule has 6 nitrogen and oxygen atoms in total. The minimum atomic E-state index is -0.340. The molecule has 0 aliphatic rings. The summed E-state index contributed by atoms with van der Waals surface area (Å²) in [7, 11) is 4.63. The summed E-state index contributed by atoms with van der Waals surface area (Å²) in [6, 6.07) is 15.0. The Hall–Kier alpha value is -2.94. The van der Waals surface area contributed by atoms with Crippen molar-refractivity contribution in [1.82, 2.24) is 14.8 Å². The number of hydrogen-bond acceptors (Lipinski definition) is 6. The maximum atomic E-state index is 13.7. The fourth-order valence-corrected chi connectivity index (χ4v) is 4.87. The van der Waals surface area contributed by atoms with E-state index in [4.69, 9.17) is 37.4 Å². The third-order valence-corrected chi connectivity index (χ3v) is 6.58. The van der Waals surface area contributed by atoms with E-state index >= 15 is 0 Å². The van der Waals surface area contributed by atoms with Crippen LogP contribution in [-0.2, 0) is 5.75 Å². The van der Waals surface area contributed by atoms with Crippen molar-refractivity contribution in [3.8, 4) is 34.3 Å². The Morgan fingerprint density at radius 1 is 0.882 bits per heavy atom. The molecule has 0 bridgehead atoms. The molecular weight excluding hydrogens is 500 g/mol. The monoisotopic (exact) mass is 519 g/mol. The molecule has 1 heterocycles. The Bertz CT molecular complexity index is 1290. The number of methoxy groups -OCH3 is 3. The second-order valence-electron chi connectivity index (χ2n) is 7.06. The van der Waals surface area contributed by atoms with E-state index in [1.54, 1.807) is 50.6 Å². The first-order chi connectivity index (χ1) is 16.4. The van der Waals surface area contributed by atoms with Crippen molar-refractivity contribution in [2.75, 3.05) is 21.3 Å². The second kappa shape index (κ2) is 10.5. The molecule has 0 aliphatic carbocycles. The van der Waals surface area contributed by atoms with Crippen LogP contribution < -0.4 is 14.2 Å². The first-order valence-electron chi connectivity index (χ1n) is 10.0. The van der Waals surface area contributed by atoms with Gasteiger partial charge in [-0.05, 0) is 54.1 Å². The molecule has 0 atom stereocenters. The molecule has 4 aromatic rings. The van der Waals surface area contributed by atoms with Crippen LogP contribution >= 0.6 is 35.0 Å². The summed E-state index contributed by atoms with van der Waals surface area (Å²) in [6.07, 6.45) is 0. The molecule has 34 heavy (non-hydrogen) atoms. The lowest BCUT2D eigenvalue weighted by molar-refractivity contribution is 0.324. The summed E-state index contributed by atoms with van der Waals surface area (Å²) in [4.78, 5) is 0. The van der Waals surface area contributed by atoms with Crippen LogP contribution in [-0.4, -0.2) is 36.1 Å². The smallest absolute Gasteiger partial charge is 0.203 e. The van der Waals surface area contributed by atoms with E-state index in [-0.39, 0.29) is 5.82 Å². The summed E-state index contributed by atoms with van der Waals surface area (Å²) in [6.45, 7) is 0. The highest BCUT2D eigenvalue weighted by molar-refractivity contribution is 7.98. The Morgan fingerprint density at radius 3 is 2.15 bits per heavy atom. The zero-order valence-corrected chi connectivity index (χ0v) is 20.8. The van der Waals surface area contributed by atoms with Gasteiger partial charge >= 0.3 is 0 Å². The van der Waals surface area contributed by atoms with Gasteiger partial charge in [0.1, 0.15) is 5.82 Å². The van der Waals surface area contributed by atoms with Crippen LogP contribution in [0.1, 0.15) is 5.56 Å². The summed E-state index contributed by atoms with van der Waals surface area (Å²) in [5.74, 6) is 2.14. The first-order valence-corrected chi connectivity index (χ1v) is 11.8. The highest BCUT2D eigenvalue weighted by Gasteiger charge is 2.21. The van der Waals surface area contributed by atoms with E-state index in [1.165, 1.54) is 31.0 Å². The van der Waals surface area contributed by atoms with Crippen molar-refractivity contribution >= 4 is 35.0 Å². The van der Waals surface area contributed by atoms with E-state index in [1.807, 2.05) is 10.6 Å². The first kappa shape index (κ1) is 24.2. The molecule has 0 saturated heterocycles. The Labute approximate surface area is 210 Å². The normalized spacial score (nSPS) is 10.9. The predicted molar refractivity (Wildman–Crippen MR) is 132 cm³/mol. The van der Waals surface area contributed by atoms with Crippen LogP contribution in [0.4, 0.5) is 4.39 Å². The molecule has 0 fully saturated rings. The number of rotatable bonds is 8. The van der Waals surface area contributed by atoms with Gasteiger partial charge in [0.2, 0.25) is 5.75 Å². The second-order valence-corrected chi connectivity index (χ2v) is 8.84. The minimum Gasteiger partial charge on any atom is -0.493 e. The van der Waals surface area contributed by atoms with E-state index in [0.717, 1.165) is 5.56 Å². The highest BCUT2D eigenvalue weighted by atomic mass is 35.5. The van der Waals surface area contributed by atoms with Crippen molar-refractivity contribution in [2.45, 2.75) is 10.9 Å². The number of halogens is 3. The number of aromatic nitrogens is 3. The minimum absolute atomic E-state index is 0.340. The van der Waals surface area contributed by atoms with Crippen LogP contribution in [0.3, 0.4) is 0 Å². The number of ether oxygens (including phenoxy) is 3. The molecule has 0 saturated carbocycles. The lowest BCUT2D eigenvalue weighted by atomic mass is 10.1. The molecule has 0 radical (unpaired) electrons. The maximum Gasteiger partial charge on any atom is 0.203 e. The number of thioether (sulfide) groups is 1. The maximum absolute atomic E-state index is 13.7. The summed E-state index contributed by atoms with van der Waals surface area (Å²) < 4.78 is 31.9. The fourth-order valence-electron chi connectivity index (χ4n) is 3.36. The zero-order valence-electron chi connectivity index (χ0n) is 18.5. The third kappa shape index (κ3) is 4.94. The quantitative estimate of drug-likeness (QED) is 0.241. The van der Waals surface area contributed by atoms with Gasteiger partial charge < -0.3 is 14.2 Å². The molecule has 1 aromatic heterocycles. The Kier molecular flexibility index (Phi) is 7.50. The predicted octanol–water partition coefficient (Wildman–Crippen LogP) is 6.70.